The molecule has 1 aliphatic rings. The van der Waals surface area contributed by atoms with Gasteiger partial charge in [0.1, 0.15) is 5.76 Å². The van der Waals surface area contributed by atoms with Gasteiger partial charge in [-0.25, -0.2) is 9.78 Å². The van der Waals surface area contributed by atoms with E-state index in [0.29, 0.717) is 5.76 Å². The topological polar surface area (TPSA) is 44.1 Å². The maximum Gasteiger partial charge on any atom is 0.338 e. The van der Waals surface area contributed by atoms with Gasteiger partial charge in [-0.1, -0.05) is 40.2 Å². The Bertz CT molecular complexity index is 896. The maximum atomic E-state index is 12.2. The van der Waals surface area contributed by atoms with Crippen molar-refractivity contribution in [1.82, 2.24) is 9.55 Å². The average Bonchev–Trinajstić information content (AvgIpc) is 3.11. The van der Waals surface area contributed by atoms with E-state index in [1.54, 1.807) is 6.33 Å². The van der Waals surface area contributed by atoms with Gasteiger partial charge >= 0.3 is 5.97 Å². The Morgan fingerprint density at radius 3 is 2.68 bits per heavy atom. The minimum atomic E-state index is -0.481. The molecule has 0 N–H and O–H groups in total. The van der Waals surface area contributed by atoms with E-state index in [9.17, 15) is 4.79 Å². The molecule has 0 fully saturated rings. The zero-order valence-electron chi connectivity index (χ0n) is 11.4. The van der Waals surface area contributed by atoms with Crippen LogP contribution < -0.4 is 0 Å². The van der Waals surface area contributed by atoms with Gasteiger partial charge in [-0.15, -0.1) is 0 Å². The molecule has 1 aliphatic heterocycles. The van der Waals surface area contributed by atoms with Gasteiger partial charge in [0.05, 0.1) is 17.4 Å². The molecule has 0 radical (unpaired) electrons. The van der Waals surface area contributed by atoms with Gasteiger partial charge in [0.25, 0.3) is 0 Å². The van der Waals surface area contributed by atoms with Gasteiger partial charge in [-0.3, -0.25) is 0 Å². The van der Waals surface area contributed by atoms with Crippen molar-refractivity contribution >= 4 is 38.7 Å². The Balaban J connectivity index is 1.76. The first-order chi connectivity index (χ1) is 10.7. The molecule has 0 saturated heterocycles. The minimum absolute atomic E-state index is 0.291. The lowest BCUT2D eigenvalue weighted by Crippen LogP contribution is -2.13. The fourth-order valence-electron chi connectivity index (χ4n) is 2.58. The molecule has 1 unspecified atom stereocenters. The van der Waals surface area contributed by atoms with Crippen molar-refractivity contribution in [1.29, 1.82) is 0 Å². The third-order valence-electron chi connectivity index (χ3n) is 3.67. The fourth-order valence-corrected chi connectivity index (χ4v) is 2.84. The first kappa shape index (κ1) is 13.3. The SMILES string of the molecule is O=C1OC(c2ccc(Br)cc2)=CC1n1cnc2ccccc21. The minimum Gasteiger partial charge on any atom is -0.424 e. The van der Waals surface area contributed by atoms with E-state index in [4.69, 9.17) is 4.74 Å². The van der Waals surface area contributed by atoms with Crippen molar-refractivity contribution < 1.29 is 9.53 Å². The zero-order chi connectivity index (χ0) is 15.1. The number of carbonyl (C=O) groups excluding carboxylic acids is 1. The molecule has 22 heavy (non-hydrogen) atoms. The third-order valence-corrected chi connectivity index (χ3v) is 4.20. The summed E-state index contributed by atoms with van der Waals surface area (Å²) in [5, 5.41) is 0. The van der Waals surface area contributed by atoms with E-state index in [-0.39, 0.29) is 5.97 Å². The summed E-state index contributed by atoms with van der Waals surface area (Å²) in [6.07, 6.45) is 3.51. The molecule has 2 aromatic carbocycles. The summed E-state index contributed by atoms with van der Waals surface area (Å²) < 4.78 is 8.25. The summed E-state index contributed by atoms with van der Waals surface area (Å²) in [5.41, 5.74) is 2.65. The highest BCUT2D eigenvalue weighted by Gasteiger charge is 2.30. The quantitative estimate of drug-likeness (QED) is 0.654. The number of hydrogen-bond donors (Lipinski definition) is 0. The van der Waals surface area contributed by atoms with E-state index in [1.807, 2.05) is 59.2 Å². The molecule has 5 heteroatoms. The summed E-state index contributed by atoms with van der Waals surface area (Å²) in [6, 6.07) is 14.9. The van der Waals surface area contributed by atoms with E-state index in [1.165, 1.54) is 0 Å². The molecule has 0 spiro atoms. The standard InChI is InChI=1S/C17H11BrN2O2/c18-12-7-5-11(6-8-12)16-9-15(17(21)22-16)20-10-19-13-3-1-2-4-14(13)20/h1-10,15H. The van der Waals surface area contributed by atoms with Crippen LogP contribution >= 0.6 is 15.9 Å². The number of nitrogens with zero attached hydrogens (tertiary/aromatic N) is 2. The first-order valence-corrected chi connectivity index (χ1v) is 7.63. The Kier molecular flexibility index (Phi) is 3.08. The number of ether oxygens (including phenoxy) is 1. The monoisotopic (exact) mass is 354 g/mol. The molecular weight excluding hydrogens is 344 g/mol. The number of esters is 1. The fraction of sp³-hybridized carbons (Fsp3) is 0.0588. The van der Waals surface area contributed by atoms with Gasteiger partial charge in [-0.05, 0) is 30.3 Å². The number of para-hydroxylation sites is 2. The van der Waals surface area contributed by atoms with Crippen molar-refractivity contribution in [3.63, 3.8) is 0 Å². The second-order valence-electron chi connectivity index (χ2n) is 5.04. The van der Waals surface area contributed by atoms with Gasteiger partial charge in [-0.2, -0.15) is 0 Å². The van der Waals surface area contributed by atoms with Crippen molar-refractivity contribution in [2.45, 2.75) is 6.04 Å². The number of halogens is 1. The van der Waals surface area contributed by atoms with Crippen molar-refractivity contribution in [2.75, 3.05) is 0 Å². The lowest BCUT2D eigenvalue weighted by Gasteiger charge is -2.07. The normalized spacial score (nSPS) is 17.6. The highest BCUT2D eigenvalue weighted by atomic mass is 79.9. The van der Waals surface area contributed by atoms with Gasteiger partial charge in [0.2, 0.25) is 0 Å². The second kappa shape index (κ2) is 5.10. The van der Waals surface area contributed by atoms with Crippen LogP contribution in [0.3, 0.4) is 0 Å². The lowest BCUT2D eigenvalue weighted by atomic mass is 10.1. The van der Waals surface area contributed by atoms with Crippen LogP contribution in [0.4, 0.5) is 0 Å². The number of carbonyl (C=O) groups is 1. The number of aromatic nitrogens is 2. The van der Waals surface area contributed by atoms with Crippen LogP contribution in [0.5, 0.6) is 0 Å². The Morgan fingerprint density at radius 2 is 1.86 bits per heavy atom. The number of imidazole rings is 1. The lowest BCUT2D eigenvalue weighted by molar-refractivity contribution is -0.137. The maximum absolute atomic E-state index is 12.2. The molecule has 0 aliphatic carbocycles. The van der Waals surface area contributed by atoms with E-state index in [2.05, 4.69) is 20.9 Å². The number of fused-ring (bicyclic) bond motifs is 1. The summed E-state index contributed by atoms with van der Waals surface area (Å²) in [6.45, 7) is 0. The van der Waals surface area contributed by atoms with Crippen molar-refractivity contribution in [3.05, 3.63) is 71.0 Å². The largest absolute Gasteiger partial charge is 0.424 e. The van der Waals surface area contributed by atoms with Gasteiger partial charge in [0.15, 0.2) is 6.04 Å². The van der Waals surface area contributed by atoms with Gasteiger partial charge < -0.3 is 9.30 Å². The number of cyclic esters (lactones) is 1. The van der Waals surface area contributed by atoms with Crippen LogP contribution in [0.25, 0.3) is 16.8 Å². The molecule has 1 aromatic heterocycles. The molecule has 4 nitrogen and oxygen atoms in total. The highest BCUT2D eigenvalue weighted by molar-refractivity contribution is 9.10. The molecule has 2 heterocycles. The summed E-state index contributed by atoms with van der Waals surface area (Å²) >= 11 is 3.40. The summed E-state index contributed by atoms with van der Waals surface area (Å²) in [4.78, 5) is 16.6. The average molecular weight is 355 g/mol. The van der Waals surface area contributed by atoms with Gasteiger partial charge in [0, 0.05) is 10.0 Å². The van der Waals surface area contributed by atoms with Crippen LogP contribution in [0, 0.1) is 0 Å². The molecule has 3 aromatic rings. The molecular formula is C17H11BrN2O2. The Morgan fingerprint density at radius 1 is 1.09 bits per heavy atom. The predicted molar refractivity (Wildman–Crippen MR) is 87.0 cm³/mol. The number of rotatable bonds is 2. The van der Waals surface area contributed by atoms with E-state index < -0.39 is 6.04 Å². The van der Waals surface area contributed by atoms with Crippen LogP contribution in [0.15, 0.2) is 65.4 Å². The Hall–Kier alpha value is -2.40. The Labute approximate surface area is 135 Å². The summed E-state index contributed by atoms with van der Waals surface area (Å²) in [5.74, 6) is 0.293. The predicted octanol–water partition coefficient (Wildman–Crippen LogP) is 3.94. The zero-order valence-corrected chi connectivity index (χ0v) is 13.0. The van der Waals surface area contributed by atoms with Crippen LogP contribution in [0.2, 0.25) is 0 Å². The molecule has 4 rings (SSSR count). The van der Waals surface area contributed by atoms with E-state index >= 15 is 0 Å². The number of hydrogen-bond acceptors (Lipinski definition) is 3. The molecule has 0 bridgehead atoms. The molecule has 0 saturated carbocycles. The van der Waals surface area contributed by atoms with Crippen molar-refractivity contribution in [2.24, 2.45) is 0 Å². The third kappa shape index (κ3) is 2.14. The molecule has 0 amide bonds. The second-order valence-corrected chi connectivity index (χ2v) is 5.96. The molecule has 108 valence electrons. The number of benzene rings is 2. The van der Waals surface area contributed by atoms with Crippen LogP contribution in [-0.2, 0) is 9.53 Å². The smallest absolute Gasteiger partial charge is 0.338 e. The van der Waals surface area contributed by atoms with Crippen molar-refractivity contribution in [3.8, 4) is 0 Å². The molecule has 1 atom stereocenters. The summed E-state index contributed by atoms with van der Waals surface area (Å²) in [7, 11) is 0. The van der Waals surface area contributed by atoms with Crippen LogP contribution in [-0.4, -0.2) is 15.5 Å². The highest BCUT2D eigenvalue weighted by Crippen LogP contribution is 2.31. The van der Waals surface area contributed by atoms with Crippen LogP contribution in [0.1, 0.15) is 11.6 Å². The van der Waals surface area contributed by atoms with E-state index in [0.717, 1.165) is 21.1 Å². The first-order valence-electron chi connectivity index (χ1n) is 6.83.